The van der Waals surface area contributed by atoms with Gasteiger partial charge in [-0.1, -0.05) is 30.3 Å². The van der Waals surface area contributed by atoms with Gasteiger partial charge in [0.15, 0.2) is 0 Å². The topological polar surface area (TPSA) is 38.0 Å². The summed E-state index contributed by atoms with van der Waals surface area (Å²) in [5.74, 6) is -0.310. The van der Waals surface area contributed by atoms with E-state index in [0.29, 0.717) is 11.4 Å². The Kier molecular flexibility index (Phi) is 3.82. The quantitative estimate of drug-likeness (QED) is 0.808. The summed E-state index contributed by atoms with van der Waals surface area (Å²) in [6, 6.07) is 15.0. The third kappa shape index (κ3) is 3.23. The minimum Gasteiger partial charge on any atom is -0.399 e. The summed E-state index contributed by atoms with van der Waals surface area (Å²) in [5, 5.41) is 3.16. The molecule has 0 heterocycles. The summed E-state index contributed by atoms with van der Waals surface area (Å²) in [5.41, 5.74) is 7.68. The summed E-state index contributed by atoms with van der Waals surface area (Å²) in [7, 11) is 0. The average Bonchev–Trinajstić information content (AvgIpc) is 2.34. The predicted molar refractivity (Wildman–Crippen MR) is 74.0 cm³/mol. The van der Waals surface area contributed by atoms with Crippen LogP contribution >= 0.6 is 0 Å². The Morgan fingerprint density at radius 1 is 1.17 bits per heavy atom. The number of anilines is 2. The Labute approximate surface area is 107 Å². The van der Waals surface area contributed by atoms with Crippen molar-refractivity contribution in [3.63, 3.8) is 0 Å². The van der Waals surface area contributed by atoms with Gasteiger partial charge < -0.3 is 11.1 Å². The summed E-state index contributed by atoms with van der Waals surface area (Å²) in [4.78, 5) is 0. The predicted octanol–water partition coefficient (Wildman–Crippen LogP) is 3.45. The molecule has 94 valence electrons. The molecule has 0 fully saturated rings. The second kappa shape index (κ2) is 5.54. The minimum absolute atomic E-state index is 0.158. The monoisotopic (exact) mass is 244 g/mol. The van der Waals surface area contributed by atoms with Crippen LogP contribution in [0, 0.1) is 5.82 Å². The maximum atomic E-state index is 13.6. The fourth-order valence-electron chi connectivity index (χ4n) is 1.93. The molecule has 0 aliphatic rings. The van der Waals surface area contributed by atoms with E-state index in [1.54, 1.807) is 12.1 Å². The van der Waals surface area contributed by atoms with E-state index in [4.69, 9.17) is 5.73 Å². The molecule has 0 bridgehead atoms. The Hall–Kier alpha value is -2.03. The highest BCUT2D eigenvalue weighted by Gasteiger charge is 2.07. The molecular formula is C15H17FN2. The lowest BCUT2D eigenvalue weighted by atomic mass is 10.1. The van der Waals surface area contributed by atoms with E-state index in [-0.39, 0.29) is 11.9 Å². The number of hydrogen-bond acceptors (Lipinski definition) is 2. The first-order valence-corrected chi connectivity index (χ1v) is 6.00. The normalized spacial score (nSPS) is 12.1. The summed E-state index contributed by atoms with van der Waals surface area (Å²) >= 11 is 0. The van der Waals surface area contributed by atoms with Gasteiger partial charge in [0.25, 0.3) is 0 Å². The van der Waals surface area contributed by atoms with Gasteiger partial charge in [0.05, 0.1) is 5.69 Å². The summed E-state index contributed by atoms with van der Waals surface area (Å²) < 4.78 is 13.6. The van der Waals surface area contributed by atoms with Crippen molar-refractivity contribution >= 4 is 11.4 Å². The van der Waals surface area contributed by atoms with Gasteiger partial charge in [-0.05, 0) is 37.1 Å². The zero-order valence-electron chi connectivity index (χ0n) is 10.4. The maximum Gasteiger partial charge on any atom is 0.148 e. The van der Waals surface area contributed by atoms with Crippen LogP contribution in [-0.2, 0) is 6.42 Å². The number of rotatable bonds is 4. The Balaban J connectivity index is 2.01. The average molecular weight is 244 g/mol. The van der Waals surface area contributed by atoms with Gasteiger partial charge in [-0.3, -0.25) is 0 Å². The third-order valence-electron chi connectivity index (χ3n) is 2.78. The number of benzene rings is 2. The second-order valence-electron chi connectivity index (χ2n) is 4.47. The molecule has 2 aromatic rings. The number of halogens is 1. The molecule has 18 heavy (non-hydrogen) atoms. The number of nitrogens with two attached hydrogens (primary N) is 1. The van der Waals surface area contributed by atoms with Crippen LogP contribution in [0.4, 0.5) is 15.8 Å². The molecule has 0 aliphatic heterocycles. The Morgan fingerprint density at radius 2 is 1.89 bits per heavy atom. The Morgan fingerprint density at radius 3 is 2.56 bits per heavy atom. The lowest BCUT2D eigenvalue weighted by Crippen LogP contribution is -2.18. The molecule has 2 aromatic carbocycles. The standard InChI is InChI=1S/C15H17FN2/c1-11(9-12-5-3-2-4-6-12)18-15-8-7-13(17)10-14(15)16/h2-8,10-11,18H,9,17H2,1H3. The molecule has 2 nitrogen and oxygen atoms in total. The van der Waals surface area contributed by atoms with E-state index in [2.05, 4.69) is 17.4 Å². The molecule has 0 radical (unpaired) electrons. The molecule has 0 aliphatic carbocycles. The fraction of sp³-hybridized carbons (Fsp3) is 0.200. The van der Waals surface area contributed by atoms with Crippen LogP contribution in [-0.4, -0.2) is 6.04 Å². The fourth-order valence-corrected chi connectivity index (χ4v) is 1.93. The number of nitrogen functional groups attached to an aromatic ring is 1. The minimum atomic E-state index is -0.310. The molecule has 0 saturated carbocycles. The summed E-state index contributed by atoms with van der Waals surface area (Å²) in [6.45, 7) is 2.03. The van der Waals surface area contributed by atoms with E-state index in [1.807, 2.05) is 25.1 Å². The van der Waals surface area contributed by atoms with Crippen LogP contribution in [0.5, 0.6) is 0 Å². The number of nitrogens with one attached hydrogen (secondary N) is 1. The second-order valence-corrected chi connectivity index (χ2v) is 4.47. The lowest BCUT2D eigenvalue weighted by Gasteiger charge is -2.16. The highest BCUT2D eigenvalue weighted by molar-refractivity contribution is 5.53. The van der Waals surface area contributed by atoms with Crippen LogP contribution in [0.3, 0.4) is 0 Å². The van der Waals surface area contributed by atoms with Crippen molar-refractivity contribution in [1.29, 1.82) is 0 Å². The SMILES string of the molecule is CC(Cc1ccccc1)Nc1ccc(N)cc1F. The van der Waals surface area contributed by atoms with Crippen molar-refractivity contribution in [2.24, 2.45) is 0 Å². The van der Waals surface area contributed by atoms with Gasteiger partial charge in [0, 0.05) is 11.7 Å². The van der Waals surface area contributed by atoms with Crippen molar-refractivity contribution < 1.29 is 4.39 Å². The van der Waals surface area contributed by atoms with Gasteiger partial charge in [-0.2, -0.15) is 0 Å². The smallest absolute Gasteiger partial charge is 0.148 e. The largest absolute Gasteiger partial charge is 0.399 e. The molecule has 1 atom stereocenters. The van der Waals surface area contributed by atoms with Crippen LogP contribution in [0.15, 0.2) is 48.5 Å². The van der Waals surface area contributed by atoms with Gasteiger partial charge >= 0.3 is 0 Å². The lowest BCUT2D eigenvalue weighted by molar-refractivity contribution is 0.626. The van der Waals surface area contributed by atoms with Gasteiger partial charge in [-0.15, -0.1) is 0 Å². The van der Waals surface area contributed by atoms with Crippen molar-refractivity contribution in [3.05, 3.63) is 59.9 Å². The van der Waals surface area contributed by atoms with Crippen molar-refractivity contribution in [3.8, 4) is 0 Å². The molecule has 0 amide bonds. The first kappa shape index (κ1) is 12.4. The number of hydrogen-bond donors (Lipinski definition) is 2. The van der Waals surface area contributed by atoms with E-state index in [0.717, 1.165) is 6.42 Å². The van der Waals surface area contributed by atoms with Gasteiger partial charge in [-0.25, -0.2) is 4.39 Å². The van der Waals surface area contributed by atoms with Crippen LogP contribution in [0.1, 0.15) is 12.5 Å². The van der Waals surface area contributed by atoms with Crippen molar-refractivity contribution in [2.45, 2.75) is 19.4 Å². The van der Waals surface area contributed by atoms with E-state index < -0.39 is 0 Å². The highest BCUT2D eigenvalue weighted by atomic mass is 19.1. The molecule has 1 unspecified atom stereocenters. The van der Waals surface area contributed by atoms with E-state index in [1.165, 1.54) is 11.6 Å². The zero-order valence-corrected chi connectivity index (χ0v) is 10.4. The van der Waals surface area contributed by atoms with E-state index >= 15 is 0 Å². The molecule has 3 N–H and O–H groups in total. The molecule has 2 rings (SSSR count). The molecule has 0 spiro atoms. The summed E-state index contributed by atoms with van der Waals surface area (Å²) in [6.07, 6.45) is 0.852. The van der Waals surface area contributed by atoms with Crippen LogP contribution in [0.2, 0.25) is 0 Å². The molecular weight excluding hydrogens is 227 g/mol. The van der Waals surface area contributed by atoms with Crippen molar-refractivity contribution in [2.75, 3.05) is 11.1 Å². The Bertz CT molecular complexity index is 511. The van der Waals surface area contributed by atoms with Gasteiger partial charge in [0.2, 0.25) is 0 Å². The van der Waals surface area contributed by atoms with Crippen LogP contribution < -0.4 is 11.1 Å². The first-order chi connectivity index (χ1) is 8.65. The first-order valence-electron chi connectivity index (χ1n) is 6.00. The van der Waals surface area contributed by atoms with E-state index in [9.17, 15) is 4.39 Å². The zero-order chi connectivity index (χ0) is 13.0. The molecule has 0 aromatic heterocycles. The van der Waals surface area contributed by atoms with Gasteiger partial charge in [0.1, 0.15) is 5.82 Å². The molecule has 0 saturated heterocycles. The highest BCUT2D eigenvalue weighted by Crippen LogP contribution is 2.18. The molecule has 3 heteroatoms. The van der Waals surface area contributed by atoms with Crippen LogP contribution in [0.25, 0.3) is 0 Å². The van der Waals surface area contributed by atoms with Crippen molar-refractivity contribution in [1.82, 2.24) is 0 Å². The third-order valence-corrected chi connectivity index (χ3v) is 2.78. The maximum absolute atomic E-state index is 13.6.